The maximum atomic E-state index is 13.5. The van der Waals surface area contributed by atoms with Crippen molar-refractivity contribution in [3.8, 4) is 33.8 Å². The molecule has 4 aromatic rings. The zero-order valence-electron chi connectivity index (χ0n) is 21.8. The molecule has 3 aromatic heterocycles. The van der Waals surface area contributed by atoms with Crippen LogP contribution in [0, 0.1) is 0 Å². The van der Waals surface area contributed by atoms with Crippen LogP contribution in [0.1, 0.15) is 30.1 Å². The van der Waals surface area contributed by atoms with Crippen molar-refractivity contribution in [2.45, 2.75) is 25.8 Å². The number of pyridine rings is 2. The largest absolute Gasteiger partial charge is 0.428 e. The Hall–Kier alpha value is -4.90. The molecule has 11 nitrogen and oxygen atoms in total. The quantitative estimate of drug-likeness (QED) is 0.265. The van der Waals surface area contributed by atoms with Crippen LogP contribution < -0.4 is 0 Å². The summed E-state index contributed by atoms with van der Waals surface area (Å²) in [7, 11) is 0. The lowest BCUT2D eigenvalue weighted by Gasteiger charge is -2.31. The summed E-state index contributed by atoms with van der Waals surface area (Å²) in [5.74, 6) is -1.10. The number of carbonyl (C=O) groups is 3. The molecule has 2 amide bonds. The van der Waals surface area contributed by atoms with Crippen LogP contribution in [0.25, 0.3) is 33.8 Å². The number of H-pyrrole nitrogens is 1. The molecule has 1 aliphatic rings. The number of nitrogens with one attached hydrogen (secondary N) is 1. The highest BCUT2D eigenvalue weighted by molar-refractivity contribution is 6.03. The van der Waals surface area contributed by atoms with Gasteiger partial charge in [-0.25, -0.2) is 9.69 Å². The standard InChI is InChI=1S/C29H27N5O6/c1-19(35)39-18-40-29(37)34(23-10-14-38-15-11-23)28(36)21-7-5-20(6-8-21)26-16-22(9-13-31-26)24-17-32-33-27(24)25-4-2-3-12-30-25/h2-9,12-13,16-17,23H,10-11,14-15,18H2,1H3,(H,32,33). The second-order valence-electron chi connectivity index (χ2n) is 9.06. The summed E-state index contributed by atoms with van der Waals surface area (Å²) in [5.41, 5.74) is 5.16. The van der Waals surface area contributed by atoms with Crippen molar-refractivity contribution in [3.63, 3.8) is 0 Å². The van der Waals surface area contributed by atoms with E-state index in [4.69, 9.17) is 14.2 Å². The highest BCUT2D eigenvalue weighted by Gasteiger charge is 2.33. The van der Waals surface area contributed by atoms with Crippen LogP contribution in [0.4, 0.5) is 4.79 Å². The minimum atomic E-state index is -0.875. The van der Waals surface area contributed by atoms with Gasteiger partial charge in [-0.3, -0.25) is 24.7 Å². The van der Waals surface area contributed by atoms with E-state index in [9.17, 15) is 14.4 Å². The third-order valence-electron chi connectivity index (χ3n) is 6.47. The number of rotatable bonds is 7. The molecule has 1 saturated heterocycles. The van der Waals surface area contributed by atoms with Gasteiger partial charge in [-0.2, -0.15) is 5.10 Å². The molecule has 0 radical (unpaired) electrons. The van der Waals surface area contributed by atoms with Gasteiger partial charge >= 0.3 is 12.1 Å². The number of benzene rings is 1. The fraction of sp³-hybridized carbons (Fsp3) is 0.241. The molecule has 0 aliphatic carbocycles. The zero-order chi connectivity index (χ0) is 27.9. The van der Waals surface area contributed by atoms with Crippen molar-refractivity contribution >= 4 is 18.0 Å². The normalized spacial score (nSPS) is 13.4. The lowest BCUT2D eigenvalue weighted by molar-refractivity contribution is -0.149. The van der Waals surface area contributed by atoms with Gasteiger partial charge in [0, 0.05) is 55.3 Å². The Balaban J connectivity index is 1.37. The molecule has 11 heteroatoms. The molecule has 204 valence electrons. The van der Waals surface area contributed by atoms with Gasteiger partial charge in [0.15, 0.2) is 0 Å². The number of amides is 2. The maximum Gasteiger partial charge on any atom is 0.419 e. The molecule has 0 saturated carbocycles. The maximum absolute atomic E-state index is 13.5. The fourth-order valence-corrected chi connectivity index (χ4v) is 4.46. The lowest BCUT2D eigenvalue weighted by atomic mass is 10.0. The van der Waals surface area contributed by atoms with Crippen LogP contribution >= 0.6 is 0 Å². The first-order valence-corrected chi connectivity index (χ1v) is 12.7. The van der Waals surface area contributed by atoms with E-state index in [-0.39, 0.29) is 0 Å². The molecule has 1 aromatic carbocycles. The number of aromatic nitrogens is 4. The second-order valence-corrected chi connectivity index (χ2v) is 9.06. The minimum Gasteiger partial charge on any atom is -0.428 e. The lowest BCUT2D eigenvalue weighted by Crippen LogP contribution is -2.47. The van der Waals surface area contributed by atoms with E-state index in [1.54, 1.807) is 42.9 Å². The summed E-state index contributed by atoms with van der Waals surface area (Å²) in [5, 5.41) is 7.23. The SMILES string of the molecule is CC(=O)OCOC(=O)N(C(=O)c1ccc(-c2cc(-c3cn[nH]c3-c3ccccn3)ccn2)cc1)C1CCOCC1. The molecule has 0 spiro atoms. The third-order valence-corrected chi connectivity index (χ3v) is 6.47. The molecular weight excluding hydrogens is 514 g/mol. The molecular formula is C29H27N5O6. The molecule has 0 bridgehead atoms. The second kappa shape index (κ2) is 12.3. The number of hydrogen-bond acceptors (Lipinski definition) is 9. The summed E-state index contributed by atoms with van der Waals surface area (Å²) >= 11 is 0. The van der Waals surface area contributed by atoms with E-state index < -0.39 is 30.8 Å². The molecule has 5 rings (SSSR count). The van der Waals surface area contributed by atoms with E-state index in [2.05, 4.69) is 20.2 Å². The molecule has 1 N–H and O–H groups in total. The van der Waals surface area contributed by atoms with Crippen molar-refractivity contribution < 1.29 is 28.6 Å². The molecule has 4 heterocycles. The van der Waals surface area contributed by atoms with Crippen molar-refractivity contribution in [2.75, 3.05) is 20.0 Å². The Bertz CT molecular complexity index is 1480. The summed E-state index contributed by atoms with van der Waals surface area (Å²) in [6, 6.07) is 16.0. The summed E-state index contributed by atoms with van der Waals surface area (Å²) in [6.45, 7) is 1.48. The third kappa shape index (κ3) is 6.05. The van der Waals surface area contributed by atoms with Gasteiger partial charge in [-0.1, -0.05) is 18.2 Å². The number of aromatic amines is 1. The van der Waals surface area contributed by atoms with Gasteiger partial charge in [0.25, 0.3) is 5.91 Å². The van der Waals surface area contributed by atoms with Crippen LogP contribution in [0.3, 0.4) is 0 Å². The number of hydrogen-bond donors (Lipinski definition) is 1. The molecule has 1 fully saturated rings. The number of nitrogens with zero attached hydrogens (tertiary/aromatic N) is 4. The van der Waals surface area contributed by atoms with Crippen LogP contribution in [-0.4, -0.2) is 69.1 Å². The summed E-state index contributed by atoms with van der Waals surface area (Å²) < 4.78 is 15.1. The minimum absolute atomic E-state index is 0.308. The van der Waals surface area contributed by atoms with Crippen LogP contribution in [0.2, 0.25) is 0 Å². The number of esters is 1. The predicted molar refractivity (Wildman–Crippen MR) is 144 cm³/mol. The van der Waals surface area contributed by atoms with E-state index >= 15 is 0 Å². The van der Waals surface area contributed by atoms with Gasteiger partial charge in [0.2, 0.25) is 6.79 Å². The van der Waals surface area contributed by atoms with Crippen molar-refractivity contribution in [1.82, 2.24) is 25.1 Å². The Morgan fingerprint density at radius 1 is 0.950 bits per heavy atom. The summed E-state index contributed by atoms with van der Waals surface area (Å²) in [4.78, 5) is 47.3. The first kappa shape index (κ1) is 26.7. The summed E-state index contributed by atoms with van der Waals surface area (Å²) in [6.07, 6.45) is 5.28. The van der Waals surface area contributed by atoms with Gasteiger partial charge in [-0.05, 0) is 54.8 Å². The Kier molecular flexibility index (Phi) is 8.21. The van der Waals surface area contributed by atoms with Gasteiger partial charge in [-0.15, -0.1) is 0 Å². The average Bonchev–Trinajstić information content (AvgIpc) is 3.49. The van der Waals surface area contributed by atoms with E-state index in [0.717, 1.165) is 33.0 Å². The first-order chi connectivity index (χ1) is 19.5. The van der Waals surface area contributed by atoms with Crippen LogP contribution in [0.15, 0.2) is 73.2 Å². The molecule has 40 heavy (non-hydrogen) atoms. The van der Waals surface area contributed by atoms with Gasteiger partial charge in [0.1, 0.15) is 0 Å². The van der Waals surface area contributed by atoms with Gasteiger partial charge in [0.05, 0.1) is 23.3 Å². The number of imide groups is 1. The van der Waals surface area contributed by atoms with E-state index in [1.807, 2.05) is 30.3 Å². The Labute approximate surface area is 230 Å². The smallest absolute Gasteiger partial charge is 0.419 e. The van der Waals surface area contributed by atoms with Gasteiger partial charge < -0.3 is 14.2 Å². The van der Waals surface area contributed by atoms with Crippen molar-refractivity contribution in [3.05, 3.63) is 78.8 Å². The Morgan fingerprint density at radius 2 is 1.73 bits per heavy atom. The molecule has 0 atom stereocenters. The zero-order valence-corrected chi connectivity index (χ0v) is 21.8. The van der Waals surface area contributed by atoms with Crippen LogP contribution in [0.5, 0.6) is 0 Å². The number of ether oxygens (including phenoxy) is 3. The average molecular weight is 542 g/mol. The van der Waals surface area contributed by atoms with Crippen molar-refractivity contribution in [1.29, 1.82) is 0 Å². The van der Waals surface area contributed by atoms with E-state index in [1.165, 1.54) is 6.92 Å². The monoisotopic (exact) mass is 541 g/mol. The Morgan fingerprint density at radius 3 is 2.45 bits per heavy atom. The predicted octanol–water partition coefficient (Wildman–Crippen LogP) is 4.48. The molecule has 1 aliphatic heterocycles. The van der Waals surface area contributed by atoms with E-state index in [0.29, 0.717) is 37.3 Å². The van der Waals surface area contributed by atoms with Crippen molar-refractivity contribution in [2.24, 2.45) is 0 Å². The first-order valence-electron chi connectivity index (χ1n) is 12.7. The number of carbonyl (C=O) groups excluding carboxylic acids is 3. The highest BCUT2D eigenvalue weighted by atomic mass is 16.7. The topological polar surface area (TPSA) is 137 Å². The fourth-order valence-electron chi connectivity index (χ4n) is 4.46. The molecule has 0 unspecified atom stereocenters. The van der Waals surface area contributed by atoms with Crippen LogP contribution in [-0.2, 0) is 19.0 Å². The highest BCUT2D eigenvalue weighted by Crippen LogP contribution is 2.31.